The second kappa shape index (κ2) is 8.33. The van der Waals surface area contributed by atoms with Crippen molar-refractivity contribution in [2.24, 2.45) is 17.4 Å². The summed E-state index contributed by atoms with van der Waals surface area (Å²) in [5, 5.41) is 6.76. The van der Waals surface area contributed by atoms with Gasteiger partial charge in [-0.3, -0.25) is 9.59 Å². The molecule has 0 spiro atoms. The number of rotatable bonds is 7. The van der Waals surface area contributed by atoms with Crippen LogP contribution in [0.2, 0.25) is 0 Å². The van der Waals surface area contributed by atoms with Crippen LogP contribution in [0, 0.1) is 5.92 Å². The molecule has 1 heterocycles. The Labute approximate surface area is 152 Å². The van der Waals surface area contributed by atoms with Crippen LogP contribution < -0.4 is 22.1 Å². The number of fused-ring (bicyclic) bond motifs is 1. The molecule has 1 fully saturated rings. The van der Waals surface area contributed by atoms with Gasteiger partial charge in [-0.05, 0) is 36.8 Å². The summed E-state index contributed by atoms with van der Waals surface area (Å²) >= 11 is 0. The monoisotopic (exact) mass is 357 g/mol. The lowest BCUT2D eigenvalue weighted by Gasteiger charge is -2.19. The smallest absolute Gasteiger partial charge is 0.242 e. The highest BCUT2D eigenvalue weighted by Crippen LogP contribution is 2.23. The minimum Gasteiger partial charge on any atom is -0.361 e. The van der Waals surface area contributed by atoms with E-state index in [2.05, 4.69) is 15.6 Å². The Balaban J connectivity index is 1.67. The lowest BCUT2D eigenvalue weighted by molar-refractivity contribution is -0.128. The summed E-state index contributed by atoms with van der Waals surface area (Å²) in [4.78, 5) is 27.7. The van der Waals surface area contributed by atoms with Crippen LogP contribution in [0.1, 0.15) is 24.8 Å². The molecule has 1 aliphatic rings. The van der Waals surface area contributed by atoms with Crippen LogP contribution in [0.5, 0.6) is 0 Å². The maximum Gasteiger partial charge on any atom is 0.242 e. The summed E-state index contributed by atoms with van der Waals surface area (Å²) < 4.78 is 0. The van der Waals surface area contributed by atoms with Gasteiger partial charge in [0.05, 0.1) is 6.54 Å². The molecule has 0 unspecified atom stereocenters. The van der Waals surface area contributed by atoms with E-state index < -0.39 is 6.04 Å². The van der Waals surface area contributed by atoms with Gasteiger partial charge < -0.3 is 27.1 Å². The number of carbonyl (C=O) groups excluding carboxylic acids is 2. The van der Waals surface area contributed by atoms with E-state index in [1.54, 1.807) is 0 Å². The van der Waals surface area contributed by atoms with E-state index in [0.29, 0.717) is 18.9 Å². The van der Waals surface area contributed by atoms with E-state index in [1.807, 2.05) is 30.5 Å². The third-order valence-corrected chi connectivity index (χ3v) is 5.08. The number of hydrogen-bond acceptors (Lipinski definition) is 4. The van der Waals surface area contributed by atoms with E-state index in [4.69, 9.17) is 11.5 Å². The molecule has 1 aromatic carbocycles. The molecule has 2 amide bonds. The van der Waals surface area contributed by atoms with Gasteiger partial charge >= 0.3 is 0 Å². The van der Waals surface area contributed by atoms with Gasteiger partial charge in [0.1, 0.15) is 6.04 Å². The third-order valence-electron chi connectivity index (χ3n) is 5.08. The van der Waals surface area contributed by atoms with E-state index in [0.717, 1.165) is 35.7 Å². The third kappa shape index (κ3) is 4.42. The molecule has 26 heavy (non-hydrogen) atoms. The molecule has 1 saturated carbocycles. The largest absolute Gasteiger partial charge is 0.361 e. The Morgan fingerprint density at radius 1 is 1.27 bits per heavy atom. The van der Waals surface area contributed by atoms with E-state index in [9.17, 15) is 9.59 Å². The first-order chi connectivity index (χ1) is 12.6. The van der Waals surface area contributed by atoms with Gasteiger partial charge in [-0.25, -0.2) is 0 Å². The standard InChI is InChI=1S/C19H27N5O2/c20-9-18(25)24-17(19(26)23-10-12-5-6-14(21)7-12)8-13-11-22-16-4-2-1-3-15(13)16/h1-4,11-12,14,17,22H,5-10,20-21H2,(H,23,26)(H,24,25)/t12-,14+,17-/m0/s1. The molecule has 2 aromatic rings. The first kappa shape index (κ1) is 18.4. The first-order valence-electron chi connectivity index (χ1n) is 9.14. The molecule has 3 rings (SSSR count). The maximum atomic E-state index is 12.7. The number of carbonyl (C=O) groups is 2. The molecule has 0 saturated heterocycles. The highest BCUT2D eigenvalue weighted by Gasteiger charge is 2.25. The van der Waals surface area contributed by atoms with Crippen LogP contribution in [0.3, 0.4) is 0 Å². The highest BCUT2D eigenvalue weighted by atomic mass is 16.2. The molecule has 0 bridgehead atoms. The van der Waals surface area contributed by atoms with Gasteiger partial charge in [0.25, 0.3) is 0 Å². The zero-order chi connectivity index (χ0) is 18.5. The summed E-state index contributed by atoms with van der Waals surface area (Å²) in [5.74, 6) is -0.113. The Morgan fingerprint density at radius 3 is 2.81 bits per heavy atom. The molecule has 140 valence electrons. The number of nitrogens with one attached hydrogen (secondary N) is 3. The van der Waals surface area contributed by atoms with Crippen LogP contribution in [-0.4, -0.2) is 42.0 Å². The minimum absolute atomic E-state index is 0.144. The number of para-hydroxylation sites is 1. The fourth-order valence-corrected chi connectivity index (χ4v) is 3.65. The fourth-order valence-electron chi connectivity index (χ4n) is 3.65. The van der Waals surface area contributed by atoms with Crippen LogP contribution in [0.25, 0.3) is 10.9 Å². The van der Waals surface area contributed by atoms with Crippen molar-refractivity contribution in [2.75, 3.05) is 13.1 Å². The maximum absolute atomic E-state index is 12.7. The van der Waals surface area contributed by atoms with Crippen LogP contribution in [-0.2, 0) is 16.0 Å². The predicted molar refractivity (Wildman–Crippen MR) is 101 cm³/mol. The first-order valence-corrected chi connectivity index (χ1v) is 9.14. The predicted octanol–water partition coefficient (Wildman–Crippen LogP) is 0.398. The minimum atomic E-state index is -0.652. The Hall–Kier alpha value is -2.38. The zero-order valence-electron chi connectivity index (χ0n) is 14.8. The average Bonchev–Trinajstić information content (AvgIpc) is 3.25. The summed E-state index contributed by atoms with van der Waals surface area (Å²) in [6, 6.07) is 7.47. The second-order valence-corrected chi connectivity index (χ2v) is 7.07. The summed E-state index contributed by atoms with van der Waals surface area (Å²) in [7, 11) is 0. The van der Waals surface area contributed by atoms with Gasteiger partial charge in [0, 0.05) is 36.1 Å². The lowest BCUT2D eigenvalue weighted by atomic mass is 10.0. The van der Waals surface area contributed by atoms with Crippen LogP contribution in [0.4, 0.5) is 0 Å². The highest BCUT2D eigenvalue weighted by molar-refractivity contribution is 5.90. The number of aromatic nitrogens is 1. The van der Waals surface area contributed by atoms with E-state index in [1.165, 1.54) is 0 Å². The van der Waals surface area contributed by atoms with E-state index in [-0.39, 0.29) is 24.4 Å². The molecule has 0 radical (unpaired) electrons. The van der Waals surface area contributed by atoms with Crippen LogP contribution >= 0.6 is 0 Å². The molecular weight excluding hydrogens is 330 g/mol. The Kier molecular flexibility index (Phi) is 5.90. The molecule has 3 atom stereocenters. The topological polar surface area (TPSA) is 126 Å². The van der Waals surface area contributed by atoms with Crippen molar-refractivity contribution in [1.82, 2.24) is 15.6 Å². The van der Waals surface area contributed by atoms with Gasteiger partial charge in [-0.1, -0.05) is 18.2 Å². The van der Waals surface area contributed by atoms with Gasteiger partial charge in [-0.2, -0.15) is 0 Å². The van der Waals surface area contributed by atoms with Crippen LogP contribution in [0.15, 0.2) is 30.5 Å². The quantitative estimate of drug-likeness (QED) is 0.491. The molecular formula is C19H27N5O2. The molecule has 1 aromatic heterocycles. The lowest BCUT2D eigenvalue weighted by Crippen LogP contribution is -2.50. The van der Waals surface area contributed by atoms with Gasteiger partial charge in [-0.15, -0.1) is 0 Å². The number of H-pyrrole nitrogens is 1. The van der Waals surface area contributed by atoms with Crippen molar-refractivity contribution < 1.29 is 9.59 Å². The summed E-state index contributed by atoms with van der Waals surface area (Å²) in [6.45, 7) is 0.449. The van der Waals surface area contributed by atoms with Crippen molar-refractivity contribution in [2.45, 2.75) is 37.8 Å². The molecule has 1 aliphatic carbocycles. The number of amides is 2. The molecule has 7 nitrogen and oxygen atoms in total. The Morgan fingerprint density at radius 2 is 2.08 bits per heavy atom. The van der Waals surface area contributed by atoms with Crippen molar-refractivity contribution in [3.63, 3.8) is 0 Å². The van der Waals surface area contributed by atoms with E-state index >= 15 is 0 Å². The van der Waals surface area contributed by atoms with Gasteiger partial charge in [0.2, 0.25) is 11.8 Å². The normalized spacial score (nSPS) is 20.8. The molecule has 0 aliphatic heterocycles. The zero-order valence-corrected chi connectivity index (χ0v) is 14.8. The van der Waals surface area contributed by atoms with Crippen molar-refractivity contribution >= 4 is 22.7 Å². The summed E-state index contributed by atoms with van der Waals surface area (Å²) in [6.07, 6.45) is 5.26. The number of benzene rings is 1. The fraction of sp³-hybridized carbons (Fsp3) is 0.474. The SMILES string of the molecule is NCC(=O)N[C@@H](Cc1c[nH]c2ccccc12)C(=O)NC[C@H]1CC[C@@H](N)C1. The molecule has 7 heteroatoms. The summed E-state index contributed by atoms with van der Waals surface area (Å²) in [5.41, 5.74) is 13.3. The van der Waals surface area contributed by atoms with Crippen molar-refractivity contribution in [3.8, 4) is 0 Å². The molecule has 7 N–H and O–H groups in total. The van der Waals surface area contributed by atoms with Gasteiger partial charge in [0.15, 0.2) is 0 Å². The second-order valence-electron chi connectivity index (χ2n) is 7.07. The van der Waals surface area contributed by atoms with Crippen molar-refractivity contribution in [3.05, 3.63) is 36.0 Å². The average molecular weight is 357 g/mol. The van der Waals surface area contributed by atoms with Crippen molar-refractivity contribution in [1.29, 1.82) is 0 Å². The number of hydrogen-bond donors (Lipinski definition) is 5. The Bertz CT molecular complexity index is 772. The number of nitrogens with two attached hydrogens (primary N) is 2. The number of aromatic amines is 1.